The first-order valence-electron chi connectivity index (χ1n) is 5.93. The zero-order valence-corrected chi connectivity index (χ0v) is 12.0. The first-order chi connectivity index (χ1) is 9.34. The number of rotatable bonds is 3. The Hall–Kier alpha value is -2.08. The standard InChI is InChI=1S/C14H15FN2O2S/c1-10-5-3-8-13(16)14(10)20(18,19)17(2)12-7-4-6-11(15)9-12/h3-9H,16H2,1-2H3. The lowest BCUT2D eigenvalue weighted by Gasteiger charge is -2.21. The second kappa shape index (κ2) is 5.13. The van der Waals surface area contributed by atoms with Crippen molar-refractivity contribution in [3.05, 3.63) is 53.8 Å². The zero-order chi connectivity index (χ0) is 14.9. The van der Waals surface area contributed by atoms with Crippen molar-refractivity contribution in [3.8, 4) is 0 Å². The van der Waals surface area contributed by atoms with Gasteiger partial charge >= 0.3 is 0 Å². The van der Waals surface area contributed by atoms with Gasteiger partial charge in [0.15, 0.2) is 0 Å². The van der Waals surface area contributed by atoms with Gasteiger partial charge in [-0.1, -0.05) is 18.2 Å². The third kappa shape index (κ3) is 2.46. The molecule has 106 valence electrons. The van der Waals surface area contributed by atoms with Crippen molar-refractivity contribution in [2.24, 2.45) is 0 Å². The molecule has 0 heterocycles. The van der Waals surface area contributed by atoms with E-state index in [1.165, 1.54) is 31.3 Å². The summed E-state index contributed by atoms with van der Waals surface area (Å²) in [7, 11) is -2.46. The molecule has 0 atom stereocenters. The van der Waals surface area contributed by atoms with Gasteiger partial charge in [0, 0.05) is 7.05 Å². The van der Waals surface area contributed by atoms with Crippen LogP contribution in [0.4, 0.5) is 15.8 Å². The molecule has 0 aliphatic rings. The Morgan fingerprint density at radius 1 is 1.15 bits per heavy atom. The van der Waals surface area contributed by atoms with E-state index in [9.17, 15) is 12.8 Å². The third-order valence-corrected chi connectivity index (χ3v) is 5.04. The predicted octanol–water partition coefficient (Wildman–Crippen LogP) is 2.54. The molecule has 0 aliphatic carbocycles. The fourth-order valence-corrected chi connectivity index (χ4v) is 3.48. The topological polar surface area (TPSA) is 63.4 Å². The lowest BCUT2D eigenvalue weighted by Crippen LogP contribution is -2.28. The Morgan fingerprint density at radius 3 is 2.40 bits per heavy atom. The Kier molecular flexibility index (Phi) is 3.67. The number of anilines is 2. The third-order valence-electron chi connectivity index (χ3n) is 3.03. The van der Waals surface area contributed by atoms with Gasteiger partial charge in [-0.05, 0) is 36.8 Å². The maximum absolute atomic E-state index is 13.2. The van der Waals surface area contributed by atoms with E-state index in [0.717, 1.165) is 10.4 Å². The van der Waals surface area contributed by atoms with Crippen LogP contribution in [0.5, 0.6) is 0 Å². The average Bonchev–Trinajstić information content (AvgIpc) is 2.37. The summed E-state index contributed by atoms with van der Waals surface area (Å²) in [6.07, 6.45) is 0. The fraction of sp³-hybridized carbons (Fsp3) is 0.143. The van der Waals surface area contributed by atoms with E-state index in [-0.39, 0.29) is 16.3 Å². The van der Waals surface area contributed by atoms with Crippen LogP contribution in [-0.2, 0) is 10.0 Å². The number of hydrogen-bond acceptors (Lipinski definition) is 3. The highest BCUT2D eigenvalue weighted by Crippen LogP contribution is 2.28. The van der Waals surface area contributed by atoms with Crippen molar-refractivity contribution in [1.82, 2.24) is 0 Å². The van der Waals surface area contributed by atoms with E-state index >= 15 is 0 Å². The van der Waals surface area contributed by atoms with Gasteiger partial charge in [-0.25, -0.2) is 12.8 Å². The van der Waals surface area contributed by atoms with E-state index in [0.29, 0.717) is 5.56 Å². The fourth-order valence-electron chi connectivity index (χ4n) is 1.98. The second-order valence-electron chi connectivity index (χ2n) is 4.45. The Morgan fingerprint density at radius 2 is 1.80 bits per heavy atom. The van der Waals surface area contributed by atoms with Gasteiger partial charge in [-0.3, -0.25) is 4.31 Å². The molecule has 0 amide bonds. The first kappa shape index (κ1) is 14.3. The van der Waals surface area contributed by atoms with E-state index in [4.69, 9.17) is 5.73 Å². The van der Waals surface area contributed by atoms with E-state index < -0.39 is 15.8 Å². The smallest absolute Gasteiger partial charge is 0.266 e. The molecule has 0 unspecified atom stereocenters. The van der Waals surface area contributed by atoms with Crippen LogP contribution < -0.4 is 10.0 Å². The minimum atomic E-state index is -3.83. The number of halogens is 1. The summed E-state index contributed by atoms with van der Waals surface area (Å²) in [5.41, 5.74) is 6.74. The lowest BCUT2D eigenvalue weighted by molar-refractivity contribution is 0.594. The van der Waals surface area contributed by atoms with Crippen LogP contribution >= 0.6 is 0 Å². The Bertz CT molecular complexity index is 724. The van der Waals surface area contributed by atoms with Crippen LogP contribution in [0.25, 0.3) is 0 Å². The van der Waals surface area contributed by atoms with Crippen molar-refractivity contribution >= 4 is 21.4 Å². The van der Waals surface area contributed by atoms with Crippen LogP contribution in [0.1, 0.15) is 5.56 Å². The molecule has 2 aromatic rings. The highest BCUT2D eigenvalue weighted by molar-refractivity contribution is 7.93. The molecule has 0 bridgehead atoms. The molecule has 4 nitrogen and oxygen atoms in total. The van der Waals surface area contributed by atoms with Crippen molar-refractivity contribution in [2.45, 2.75) is 11.8 Å². The summed E-state index contributed by atoms with van der Waals surface area (Å²) in [5.74, 6) is -0.498. The van der Waals surface area contributed by atoms with Crippen molar-refractivity contribution in [2.75, 3.05) is 17.1 Å². The molecule has 0 radical (unpaired) electrons. The molecule has 0 aliphatic heterocycles. The number of sulfonamides is 1. The molecule has 0 fully saturated rings. The van der Waals surface area contributed by atoms with Crippen molar-refractivity contribution in [3.63, 3.8) is 0 Å². The summed E-state index contributed by atoms with van der Waals surface area (Å²) in [6.45, 7) is 1.67. The second-order valence-corrected chi connectivity index (χ2v) is 6.35. The van der Waals surface area contributed by atoms with E-state index in [1.54, 1.807) is 19.1 Å². The molecule has 2 rings (SSSR count). The maximum Gasteiger partial charge on any atom is 0.266 e. The summed E-state index contributed by atoms with van der Waals surface area (Å²) < 4.78 is 39.5. The van der Waals surface area contributed by atoms with Gasteiger partial charge in [0.05, 0.1) is 11.4 Å². The Labute approximate surface area is 117 Å². The number of nitrogen functional groups attached to an aromatic ring is 1. The summed E-state index contributed by atoms with van der Waals surface area (Å²) in [4.78, 5) is 0.0479. The monoisotopic (exact) mass is 294 g/mol. The van der Waals surface area contributed by atoms with Crippen LogP contribution in [0.3, 0.4) is 0 Å². The molecule has 2 N–H and O–H groups in total. The highest BCUT2D eigenvalue weighted by Gasteiger charge is 2.25. The van der Waals surface area contributed by atoms with Gasteiger partial charge < -0.3 is 5.73 Å². The SMILES string of the molecule is Cc1cccc(N)c1S(=O)(=O)N(C)c1cccc(F)c1. The van der Waals surface area contributed by atoms with Crippen LogP contribution in [0.15, 0.2) is 47.4 Å². The van der Waals surface area contributed by atoms with Crippen LogP contribution in [0, 0.1) is 12.7 Å². The molecule has 0 saturated carbocycles. The zero-order valence-electron chi connectivity index (χ0n) is 11.2. The summed E-state index contributed by atoms with van der Waals surface area (Å²) in [5, 5.41) is 0. The molecule has 6 heteroatoms. The number of hydrogen-bond donors (Lipinski definition) is 1. The molecule has 2 aromatic carbocycles. The van der Waals surface area contributed by atoms with Gasteiger partial charge in [-0.15, -0.1) is 0 Å². The molecule has 20 heavy (non-hydrogen) atoms. The van der Waals surface area contributed by atoms with Crippen molar-refractivity contribution < 1.29 is 12.8 Å². The molecular weight excluding hydrogens is 279 g/mol. The number of benzene rings is 2. The largest absolute Gasteiger partial charge is 0.398 e. The van der Waals surface area contributed by atoms with Gasteiger partial charge in [-0.2, -0.15) is 0 Å². The van der Waals surface area contributed by atoms with E-state index in [1.807, 2.05) is 0 Å². The summed E-state index contributed by atoms with van der Waals surface area (Å²) in [6, 6.07) is 10.3. The van der Waals surface area contributed by atoms with Crippen LogP contribution in [-0.4, -0.2) is 15.5 Å². The molecule has 0 aromatic heterocycles. The minimum Gasteiger partial charge on any atom is -0.398 e. The maximum atomic E-state index is 13.2. The van der Waals surface area contributed by atoms with E-state index in [2.05, 4.69) is 0 Å². The predicted molar refractivity (Wildman–Crippen MR) is 77.6 cm³/mol. The summed E-state index contributed by atoms with van der Waals surface area (Å²) >= 11 is 0. The lowest BCUT2D eigenvalue weighted by atomic mass is 10.2. The molecule has 0 spiro atoms. The molecule has 0 saturated heterocycles. The molecular formula is C14H15FN2O2S. The van der Waals surface area contributed by atoms with Gasteiger partial charge in [0.2, 0.25) is 0 Å². The van der Waals surface area contributed by atoms with Gasteiger partial charge in [0.25, 0.3) is 10.0 Å². The normalized spacial score (nSPS) is 11.3. The van der Waals surface area contributed by atoms with Gasteiger partial charge in [0.1, 0.15) is 10.7 Å². The highest BCUT2D eigenvalue weighted by atomic mass is 32.2. The minimum absolute atomic E-state index is 0.0479. The van der Waals surface area contributed by atoms with Crippen molar-refractivity contribution in [1.29, 1.82) is 0 Å². The number of nitrogens with zero attached hydrogens (tertiary/aromatic N) is 1. The number of aryl methyl sites for hydroxylation is 1. The Balaban J connectivity index is 2.56. The quantitative estimate of drug-likeness (QED) is 0.885. The average molecular weight is 294 g/mol. The first-order valence-corrected chi connectivity index (χ1v) is 7.37. The van der Waals surface area contributed by atoms with Crippen LogP contribution in [0.2, 0.25) is 0 Å². The number of nitrogens with two attached hydrogens (primary N) is 1.